The minimum atomic E-state index is -4.77. The molecule has 12 nitrogen and oxygen atoms in total. The Bertz CT molecular complexity index is 2480. The lowest BCUT2D eigenvalue weighted by Gasteiger charge is -2.50. The number of hydrogen-bond donors (Lipinski definition) is 2. The molecule has 316 valence electrons. The van der Waals surface area contributed by atoms with Crippen LogP contribution in [0.4, 0.5) is 30.4 Å². The molecular weight excluding hydrogens is 838 g/mol. The smallest absolute Gasteiger partial charge is 0.417 e. The molecule has 4 amide bonds. The third-order valence-corrected chi connectivity index (χ3v) is 13.2. The SMILES string of the molecule is CCOc1cccc([C@H]2C3=CC[C@@H]4C(=O)N(c5ccc(N6CCOCC6)cc5)C(=O)[C@@H]4[C@@H]3C[C@H]3C(=O)N(Nc4ncc(C(F)(F)F)cc4Cl)C(=O)[C@@]23c2ccc(Cl)cc2)c1O. The number of allylic oxidation sites excluding steroid dienone is 2. The average molecular weight is 877 g/mol. The minimum absolute atomic E-state index is 0.0855. The Morgan fingerprint density at radius 1 is 0.934 bits per heavy atom. The Labute approximate surface area is 357 Å². The van der Waals surface area contributed by atoms with Crippen LogP contribution in [0, 0.1) is 23.7 Å². The second-order valence-corrected chi connectivity index (χ2v) is 16.5. The third-order valence-electron chi connectivity index (χ3n) is 12.7. The molecule has 9 rings (SSSR count). The van der Waals surface area contributed by atoms with Crippen molar-refractivity contribution in [2.75, 3.05) is 48.1 Å². The van der Waals surface area contributed by atoms with Gasteiger partial charge in [-0.2, -0.15) is 18.2 Å². The van der Waals surface area contributed by atoms with Crippen molar-refractivity contribution in [2.24, 2.45) is 23.7 Å². The molecule has 1 aromatic heterocycles. The molecule has 0 bridgehead atoms. The van der Waals surface area contributed by atoms with Crippen LogP contribution in [0.25, 0.3) is 0 Å². The predicted octanol–water partition coefficient (Wildman–Crippen LogP) is 7.54. The normalized spacial score (nSPS) is 26.2. The maximum atomic E-state index is 15.5. The number of ether oxygens (including phenoxy) is 2. The van der Waals surface area contributed by atoms with Gasteiger partial charge in [0.05, 0.1) is 59.3 Å². The van der Waals surface area contributed by atoms with Crippen LogP contribution in [0.1, 0.15) is 42.4 Å². The summed E-state index contributed by atoms with van der Waals surface area (Å²) in [5, 5.41) is 12.5. The molecule has 4 heterocycles. The minimum Gasteiger partial charge on any atom is -0.504 e. The summed E-state index contributed by atoms with van der Waals surface area (Å²) in [7, 11) is 0. The van der Waals surface area contributed by atoms with Crippen LogP contribution in [-0.2, 0) is 35.5 Å². The lowest BCUT2D eigenvalue weighted by atomic mass is 9.49. The van der Waals surface area contributed by atoms with E-state index in [1.807, 2.05) is 18.2 Å². The molecule has 4 aromatic rings. The first-order chi connectivity index (χ1) is 29.2. The highest BCUT2D eigenvalue weighted by atomic mass is 35.5. The lowest BCUT2D eigenvalue weighted by Crippen LogP contribution is -2.53. The second-order valence-electron chi connectivity index (χ2n) is 15.7. The number of anilines is 3. The van der Waals surface area contributed by atoms with Crippen molar-refractivity contribution < 1.29 is 46.9 Å². The third kappa shape index (κ3) is 6.51. The lowest BCUT2D eigenvalue weighted by molar-refractivity contribution is -0.139. The molecule has 3 aromatic carbocycles. The Balaban J connectivity index is 1.18. The zero-order valence-electron chi connectivity index (χ0n) is 32.5. The summed E-state index contributed by atoms with van der Waals surface area (Å²) < 4.78 is 52.0. The van der Waals surface area contributed by atoms with Crippen molar-refractivity contribution in [3.05, 3.63) is 117 Å². The standard InChI is InChI=1S/C44H38Cl2F3N5O7/c1-2-61-34-5-3-4-30(37(34)55)36-28-14-15-29-35(41(58)53(39(29)56)27-12-10-26(11-13-27)52-16-18-60-19-17-52)31(28)21-32-40(57)54(42(59)43(32,36)23-6-8-25(45)9-7-23)51-38-33(46)20-24(22-50-38)44(47,48)49/h3-14,20,22,29,31-32,35-36,55H,2,15-19,21H2,1H3,(H,50,51)/t29-,31+,32-,35-,36+,43+/m0/s1. The van der Waals surface area contributed by atoms with Crippen molar-refractivity contribution in [3.8, 4) is 11.5 Å². The molecule has 5 aliphatic rings. The van der Waals surface area contributed by atoms with E-state index in [0.717, 1.165) is 5.69 Å². The van der Waals surface area contributed by atoms with E-state index in [9.17, 15) is 27.9 Å². The zero-order chi connectivity index (χ0) is 43.0. The first-order valence-corrected chi connectivity index (χ1v) is 20.6. The van der Waals surface area contributed by atoms with E-state index in [1.54, 1.807) is 61.5 Å². The number of pyridine rings is 1. The number of halogens is 5. The van der Waals surface area contributed by atoms with Crippen molar-refractivity contribution in [1.82, 2.24) is 9.99 Å². The van der Waals surface area contributed by atoms with Gasteiger partial charge in [-0.1, -0.05) is 59.1 Å². The highest BCUT2D eigenvalue weighted by Gasteiger charge is 2.71. The molecule has 4 fully saturated rings. The number of aromatic hydroxyl groups is 1. The van der Waals surface area contributed by atoms with E-state index < -0.39 is 75.4 Å². The van der Waals surface area contributed by atoms with Gasteiger partial charge in [0.15, 0.2) is 17.3 Å². The van der Waals surface area contributed by atoms with Crippen LogP contribution in [0.3, 0.4) is 0 Å². The molecule has 3 saturated heterocycles. The van der Waals surface area contributed by atoms with Crippen LogP contribution >= 0.6 is 23.2 Å². The fourth-order valence-electron chi connectivity index (χ4n) is 10.1. The number of phenols is 1. The number of fused-ring (bicyclic) bond motifs is 4. The fraction of sp³-hybridized carbons (Fsp3) is 0.341. The summed E-state index contributed by atoms with van der Waals surface area (Å²) in [5.74, 6) is -7.90. The van der Waals surface area contributed by atoms with Gasteiger partial charge in [0.2, 0.25) is 11.8 Å². The van der Waals surface area contributed by atoms with Gasteiger partial charge >= 0.3 is 6.18 Å². The second kappa shape index (κ2) is 15.4. The van der Waals surface area contributed by atoms with Gasteiger partial charge in [0.1, 0.15) is 0 Å². The number of morpholine rings is 1. The number of phenolic OH excluding ortho intramolecular Hbond substituents is 1. The molecule has 2 aliphatic carbocycles. The number of carbonyl (C=O) groups is 4. The topological polar surface area (TPSA) is 142 Å². The Morgan fingerprint density at radius 2 is 1.64 bits per heavy atom. The van der Waals surface area contributed by atoms with Crippen molar-refractivity contribution >= 4 is 64.0 Å². The van der Waals surface area contributed by atoms with E-state index in [2.05, 4.69) is 15.3 Å². The number of aromatic nitrogens is 1. The molecule has 0 radical (unpaired) electrons. The number of benzene rings is 3. The number of hydrogen-bond acceptors (Lipinski definition) is 10. The summed E-state index contributed by atoms with van der Waals surface area (Å²) >= 11 is 12.7. The molecule has 3 aliphatic heterocycles. The number of nitrogens with one attached hydrogen (secondary N) is 1. The van der Waals surface area contributed by atoms with Crippen LogP contribution in [-0.4, -0.2) is 71.6 Å². The van der Waals surface area contributed by atoms with Gasteiger partial charge in [-0.3, -0.25) is 29.5 Å². The maximum absolute atomic E-state index is 15.5. The Kier molecular flexibility index (Phi) is 10.3. The molecule has 2 N–H and O–H groups in total. The summed E-state index contributed by atoms with van der Waals surface area (Å²) in [5.41, 5.74) is 2.10. The van der Waals surface area contributed by atoms with E-state index in [-0.39, 0.29) is 42.3 Å². The molecular formula is C44H38Cl2F3N5O7. The van der Waals surface area contributed by atoms with E-state index in [4.69, 9.17) is 32.7 Å². The van der Waals surface area contributed by atoms with E-state index in [0.29, 0.717) is 65.4 Å². The summed E-state index contributed by atoms with van der Waals surface area (Å²) in [6, 6.07) is 19.0. The Morgan fingerprint density at radius 3 is 2.31 bits per heavy atom. The molecule has 0 unspecified atom stereocenters. The fourth-order valence-corrected chi connectivity index (χ4v) is 10.4. The van der Waals surface area contributed by atoms with Crippen LogP contribution in [0.2, 0.25) is 10.0 Å². The first kappa shape index (κ1) is 40.7. The summed E-state index contributed by atoms with van der Waals surface area (Å²) in [4.78, 5) is 66.8. The maximum Gasteiger partial charge on any atom is 0.417 e. The average Bonchev–Trinajstić information content (AvgIpc) is 3.63. The number of nitrogens with zero attached hydrogens (tertiary/aromatic N) is 4. The van der Waals surface area contributed by atoms with Crippen molar-refractivity contribution in [1.29, 1.82) is 0 Å². The van der Waals surface area contributed by atoms with Crippen molar-refractivity contribution in [2.45, 2.75) is 37.3 Å². The van der Waals surface area contributed by atoms with Gasteiger partial charge in [-0.05, 0) is 79.8 Å². The number of rotatable bonds is 8. The van der Waals surface area contributed by atoms with Gasteiger partial charge in [-0.25, -0.2) is 4.98 Å². The van der Waals surface area contributed by atoms with Gasteiger partial charge in [0, 0.05) is 41.5 Å². The molecule has 6 atom stereocenters. The zero-order valence-corrected chi connectivity index (χ0v) is 34.0. The number of alkyl halides is 3. The van der Waals surface area contributed by atoms with Crippen molar-refractivity contribution in [3.63, 3.8) is 0 Å². The largest absolute Gasteiger partial charge is 0.504 e. The monoisotopic (exact) mass is 875 g/mol. The van der Waals surface area contributed by atoms with Crippen LogP contribution < -0.4 is 20.0 Å². The number of carbonyl (C=O) groups excluding carboxylic acids is 4. The number of para-hydroxylation sites is 1. The molecule has 17 heteroatoms. The quantitative estimate of drug-likeness (QED) is 0.135. The van der Waals surface area contributed by atoms with Gasteiger partial charge < -0.3 is 19.5 Å². The van der Waals surface area contributed by atoms with Crippen LogP contribution in [0.5, 0.6) is 11.5 Å². The van der Waals surface area contributed by atoms with Gasteiger partial charge in [0.25, 0.3) is 11.8 Å². The number of amides is 4. The highest BCUT2D eigenvalue weighted by Crippen LogP contribution is 2.65. The molecule has 1 saturated carbocycles. The predicted molar refractivity (Wildman–Crippen MR) is 218 cm³/mol. The Hall–Kier alpha value is -5.64. The summed E-state index contributed by atoms with van der Waals surface area (Å²) in [6.07, 6.45) is -2.35. The highest BCUT2D eigenvalue weighted by molar-refractivity contribution is 6.33. The number of imide groups is 2. The first-order valence-electron chi connectivity index (χ1n) is 19.8. The van der Waals surface area contributed by atoms with E-state index in [1.165, 1.54) is 4.90 Å². The summed E-state index contributed by atoms with van der Waals surface area (Å²) in [6.45, 7) is 4.50. The number of hydrazine groups is 1. The van der Waals surface area contributed by atoms with Gasteiger partial charge in [-0.15, -0.1) is 0 Å². The molecule has 0 spiro atoms. The van der Waals surface area contributed by atoms with E-state index >= 15 is 9.59 Å². The van der Waals surface area contributed by atoms with Crippen LogP contribution in [0.15, 0.2) is 90.6 Å². The molecule has 61 heavy (non-hydrogen) atoms.